The minimum Gasteiger partial charge on any atom is -0.208 e. The van der Waals surface area contributed by atoms with Gasteiger partial charge in [-0.1, -0.05) is 41.1 Å². The van der Waals surface area contributed by atoms with Crippen LogP contribution in [-0.4, -0.2) is 19.3 Å². The summed E-state index contributed by atoms with van der Waals surface area (Å²) in [5.74, 6) is 0. The van der Waals surface area contributed by atoms with Gasteiger partial charge in [-0.2, -0.15) is 0 Å². The first kappa shape index (κ1) is 13.1. The fraction of sp³-hybridized carbons (Fsp3) is 0.500. The fourth-order valence-corrected chi connectivity index (χ4v) is 3.63. The van der Waals surface area contributed by atoms with E-state index in [9.17, 15) is 8.42 Å². The number of halogens is 1. The minimum absolute atomic E-state index is 0.148. The maximum absolute atomic E-state index is 12.2. The Morgan fingerprint density at radius 3 is 2.65 bits per heavy atom. The first-order valence-corrected chi connectivity index (χ1v) is 8.13. The SMILES string of the molecule is CC(Br)Cc1ccccc1S(=O)(=O)NC1CC1. The van der Waals surface area contributed by atoms with Gasteiger partial charge in [-0.25, -0.2) is 13.1 Å². The second kappa shape index (κ2) is 5.08. The fourth-order valence-electron chi connectivity index (χ4n) is 1.72. The van der Waals surface area contributed by atoms with Crippen LogP contribution in [0.1, 0.15) is 25.3 Å². The van der Waals surface area contributed by atoms with E-state index in [0.717, 1.165) is 18.4 Å². The summed E-state index contributed by atoms with van der Waals surface area (Å²) in [7, 11) is -3.34. The van der Waals surface area contributed by atoms with Crippen molar-refractivity contribution in [2.45, 2.75) is 42.0 Å². The summed E-state index contributed by atoms with van der Waals surface area (Å²) in [6, 6.07) is 7.34. The predicted octanol–water partition coefficient (Wildman–Crippen LogP) is 2.45. The average Bonchev–Trinajstić information content (AvgIpc) is 3.00. The van der Waals surface area contributed by atoms with Crippen LogP contribution in [0.15, 0.2) is 29.2 Å². The first-order valence-electron chi connectivity index (χ1n) is 5.73. The number of benzene rings is 1. The summed E-state index contributed by atoms with van der Waals surface area (Å²) in [4.78, 5) is 0.679. The summed E-state index contributed by atoms with van der Waals surface area (Å²) in [5, 5.41) is 0. The number of sulfonamides is 1. The van der Waals surface area contributed by atoms with Gasteiger partial charge in [-0.3, -0.25) is 0 Å². The molecule has 17 heavy (non-hydrogen) atoms. The van der Waals surface area contributed by atoms with E-state index in [1.165, 1.54) is 0 Å². The number of alkyl halides is 1. The van der Waals surface area contributed by atoms with E-state index in [1.807, 2.05) is 19.1 Å². The van der Waals surface area contributed by atoms with Crippen molar-refractivity contribution in [3.63, 3.8) is 0 Å². The maximum atomic E-state index is 12.2. The Labute approximate surface area is 111 Å². The van der Waals surface area contributed by atoms with Crippen molar-refractivity contribution < 1.29 is 8.42 Å². The van der Waals surface area contributed by atoms with Gasteiger partial charge in [-0.05, 0) is 30.9 Å². The van der Waals surface area contributed by atoms with E-state index in [4.69, 9.17) is 0 Å². The van der Waals surface area contributed by atoms with Gasteiger partial charge in [0.1, 0.15) is 0 Å². The molecule has 2 rings (SSSR count). The monoisotopic (exact) mass is 317 g/mol. The van der Waals surface area contributed by atoms with Gasteiger partial charge in [0.05, 0.1) is 4.90 Å². The van der Waals surface area contributed by atoms with Crippen LogP contribution in [0.3, 0.4) is 0 Å². The van der Waals surface area contributed by atoms with Crippen LogP contribution in [0, 0.1) is 0 Å². The molecule has 5 heteroatoms. The Balaban J connectivity index is 2.29. The summed E-state index contributed by atoms with van der Waals surface area (Å²) in [6.07, 6.45) is 2.62. The van der Waals surface area contributed by atoms with Crippen molar-refractivity contribution in [2.24, 2.45) is 0 Å². The molecular weight excluding hydrogens is 302 g/mol. The van der Waals surface area contributed by atoms with Gasteiger partial charge in [0.15, 0.2) is 0 Å². The van der Waals surface area contributed by atoms with Crippen molar-refractivity contribution in [1.82, 2.24) is 4.72 Å². The summed E-state index contributed by atoms with van der Waals surface area (Å²) in [6.45, 7) is 2.01. The Morgan fingerprint density at radius 2 is 2.06 bits per heavy atom. The van der Waals surface area contributed by atoms with E-state index in [-0.39, 0.29) is 10.9 Å². The van der Waals surface area contributed by atoms with Gasteiger partial charge in [0.25, 0.3) is 0 Å². The molecule has 1 aromatic carbocycles. The zero-order valence-corrected chi connectivity index (χ0v) is 12.1. The largest absolute Gasteiger partial charge is 0.241 e. The molecular formula is C12H16BrNO2S. The standard InChI is InChI=1S/C12H16BrNO2S/c1-9(13)8-10-4-2-3-5-12(10)17(15,16)14-11-6-7-11/h2-5,9,11,14H,6-8H2,1H3. The molecule has 94 valence electrons. The summed E-state index contributed by atoms with van der Waals surface area (Å²) in [5.41, 5.74) is 0.866. The van der Waals surface area contributed by atoms with Crippen molar-refractivity contribution in [3.05, 3.63) is 29.8 Å². The molecule has 0 aromatic heterocycles. The molecule has 1 atom stereocenters. The molecule has 1 aliphatic rings. The highest BCUT2D eigenvalue weighted by Crippen LogP contribution is 2.24. The van der Waals surface area contributed by atoms with E-state index in [1.54, 1.807) is 12.1 Å². The second-order valence-corrected chi connectivity index (χ2v) is 7.73. The third-order valence-electron chi connectivity index (χ3n) is 2.66. The molecule has 0 bridgehead atoms. The highest BCUT2D eigenvalue weighted by molar-refractivity contribution is 9.09. The molecule has 1 saturated carbocycles. The van der Waals surface area contributed by atoms with Crippen LogP contribution in [0.5, 0.6) is 0 Å². The zero-order valence-electron chi connectivity index (χ0n) is 9.69. The Kier molecular flexibility index (Phi) is 3.90. The Morgan fingerprint density at radius 1 is 1.41 bits per heavy atom. The van der Waals surface area contributed by atoms with E-state index >= 15 is 0 Å². The number of nitrogens with one attached hydrogen (secondary N) is 1. The molecule has 3 nitrogen and oxygen atoms in total. The van der Waals surface area contributed by atoms with Crippen LogP contribution < -0.4 is 4.72 Å². The maximum Gasteiger partial charge on any atom is 0.241 e. The van der Waals surface area contributed by atoms with E-state index < -0.39 is 10.0 Å². The lowest BCUT2D eigenvalue weighted by molar-refractivity contribution is 0.579. The average molecular weight is 318 g/mol. The van der Waals surface area contributed by atoms with Gasteiger partial charge >= 0.3 is 0 Å². The quantitative estimate of drug-likeness (QED) is 0.848. The molecule has 0 amide bonds. The van der Waals surface area contributed by atoms with Crippen molar-refractivity contribution in [2.75, 3.05) is 0 Å². The molecule has 1 aromatic rings. The third kappa shape index (κ3) is 3.53. The topological polar surface area (TPSA) is 46.2 Å². The molecule has 0 heterocycles. The van der Waals surface area contributed by atoms with Crippen molar-refractivity contribution in [3.8, 4) is 0 Å². The van der Waals surface area contributed by atoms with Gasteiger partial charge in [0, 0.05) is 10.9 Å². The van der Waals surface area contributed by atoms with Crippen LogP contribution in [0.2, 0.25) is 0 Å². The number of rotatable bonds is 5. The van der Waals surface area contributed by atoms with Gasteiger partial charge in [-0.15, -0.1) is 0 Å². The summed E-state index contributed by atoms with van der Waals surface area (Å²) < 4.78 is 27.0. The Hall–Kier alpha value is -0.390. The molecule has 0 radical (unpaired) electrons. The normalized spacial score (nSPS) is 18.0. The van der Waals surface area contributed by atoms with Gasteiger partial charge < -0.3 is 0 Å². The predicted molar refractivity (Wildman–Crippen MR) is 71.9 cm³/mol. The third-order valence-corrected chi connectivity index (χ3v) is 4.61. The number of hydrogen-bond acceptors (Lipinski definition) is 2. The molecule has 0 saturated heterocycles. The lowest BCUT2D eigenvalue weighted by atomic mass is 10.1. The van der Waals surface area contributed by atoms with Crippen molar-refractivity contribution in [1.29, 1.82) is 0 Å². The zero-order chi connectivity index (χ0) is 12.5. The highest BCUT2D eigenvalue weighted by Gasteiger charge is 2.29. The first-order chi connectivity index (χ1) is 7.99. The molecule has 1 N–H and O–H groups in total. The highest BCUT2D eigenvalue weighted by atomic mass is 79.9. The molecule has 1 unspecified atom stereocenters. The molecule has 1 fully saturated rings. The Bertz CT molecular complexity index is 495. The molecule has 0 spiro atoms. The minimum atomic E-state index is -3.34. The lowest BCUT2D eigenvalue weighted by Gasteiger charge is -2.11. The molecule has 1 aliphatic carbocycles. The van der Waals surface area contributed by atoms with Crippen LogP contribution in [0.25, 0.3) is 0 Å². The van der Waals surface area contributed by atoms with Crippen LogP contribution in [-0.2, 0) is 16.4 Å². The lowest BCUT2D eigenvalue weighted by Crippen LogP contribution is -2.26. The van der Waals surface area contributed by atoms with Crippen LogP contribution >= 0.6 is 15.9 Å². The smallest absolute Gasteiger partial charge is 0.208 e. The van der Waals surface area contributed by atoms with Crippen LogP contribution in [0.4, 0.5) is 0 Å². The van der Waals surface area contributed by atoms with Gasteiger partial charge in [0.2, 0.25) is 10.0 Å². The summed E-state index contributed by atoms with van der Waals surface area (Å²) >= 11 is 3.46. The van der Waals surface area contributed by atoms with E-state index in [0.29, 0.717) is 11.3 Å². The van der Waals surface area contributed by atoms with E-state index in [2.05, 4.69) is 20.7 Å². The molecule has 0 aliphatic heterocycles. The second-order valence-electron chi connectivity index (χ2n) is 4.49. The van der Waals surface area contributed by atoms with Crippen molar-refractivity contribution >= 4 is 26.0 Å². The number of hydrogen-bond donors (Lipinski definition) is 1.